The number of ether oxygens (including phenoxy) is 9. The molecule has 8 rings (SSSR count). The topological polar surface area (TPSA) is 255 Å². The molecule has 2 bridgehead atoms. The van der Waals surface area contributed by atoms with Crippen LogP contribution in [0.3, 0.4) is 0 Å². The van der Waals surface area contributed by atoms with Gasteiger partial charge in [-0.05, 0) is 74.6 Å². The van der Waals surface area contributed by atoms with Gasteiger partial charge in [-0.25, -0.2) is 24.0 Å². The van der Waals surface area contributed by atoms with E-state index in [0.29, 0.717) is 11.1 Å². The smallest absolute Gasteiger partial charge is 0.455 e. The lowest BCUT2D eigenvalue weighted by Crippen LogP contribution is -2.82. The molecule has 2 saturated carbocycles. The Kier molecular flexibility index (Phi) is 16.2. The van der Waals surface area contributed by atoms with E-state index in [1.807, 2.05) is 0 Å². The lowest BCUT2D eigenvalue weighted by atomic mass is 9.44. The second-order valence-electron chi connectivity index (χ2n) is 21.8. The minimum atomic E-state index is -2.55. The molecule has 3 aliphatic carbocycles. The summed E-state index contributed by atoms with van der Waals surface area (Å²) < 4.78 is 53.7. The van der Waals surface area contributed by atoms with Crippen LogP contribution in [0, 0.1) is 16.7 Å². The molecular weight excluding hydrogens is 1010 g/mol. The summed E-state index contributed by atoms with van der Waals surface area (Å²) in [6.07, 6.45) is -15.2. The maximum Gasteiger partial charge on any atom is 0.509 e. The van der Waals surface area contributed by atoms with Crippen molar-refractivity contribution in [2.24, 2.45) is 16.7 Å². The standard InChI is InChI=1S/C59H65NO18/c1-34-40(73-51(65)46(75-54(68)71-32-37-23-15-10-16-24-37)44(38-25-17-11-18-26-38)60-52(66)78-55(3,4)5)30-59(69)49(76-50(64)39-27-19-12-20-28-39)47-57(8,41(62)29-42-58(47,33-72-42)77-35(2)61)48(63)45(43(34)56(59,6)7)74-53(67)70-31-36-21-13-9-14-22-36/h9-28,40-42,44-47,49,62,69H,29-33H2,1-8H3,(H,60,66)/t40-,41-,42+,44-,45+,46+,47?,49-,57+,58-,59+/m0/s1. The molecule has 3 N–H and O–H groups in total. The maximum absolute atomic E-state index is 16.1. The lowest BCUT2D eigenvalue weighted by Gasteiger charge is -2.67. The molecule has 4 aliphatic rings. The minimum Gasteiger partial charge on any atom is -0.455 e. The van der Waals surface area contributed by atoms with E-state index < -0.39 is 125 Å². The number of hydrogen-bond donors (Lipinski definition) is 3. The number of benzene rings is 4. The number of Topliss-reactive ketones (excluding diaryl/α,β-unsaturated/α-hetero) is 1. The average molecular weight is 1080 g/mol. The van der Waals surface area contributed by atoms with E-state index in [-0.39, 0.29) is 48.5 Å². The van der Waals surface area contributed by atoms with Crippen molar-refractivity contribution in [1.82, 2.24) is 5.32 Å². The molecule has 0 radical (unpaired) electrons. The van der Waals surface area contributed by atoms with Gasteiger partial charge >= 0.3 is 36.3 Å². The maximum atomic E-state index is 16.1. The fourth-order valence-corrected chi connectivity index (χ4v) is 11.4. The van der Waals surface area contributed by atoms with Crippen LogP contribution in [-0.2, 0) is 70.2 Å². The molecule has 414 valence electrons. The number of esters is 3. The van der Waals surface area contributed by atoms with Crippen LogP contribution in [0.2, 0.25) is 0 Å². The largest absolute Gasteiger partial charge is 0.509 e. The van der Waals surface area contributed by atoms with Gasteiger partial charge in [0, 0.05) is 25.2 Å². The van der Waals surface area contributed by atoms with Crippen molar-refractivity contribution in [2.45, 2.75) is 141 Å². The van der Waals surface area contributed by atoms with Gasteiger partial charge in [-0.3, -0.25) is 9.59 Å². The first-order chi connectivity index (χ1) is 36.9. The molecule has 1 amide bonds. The number of alkyl carbamates (subject to hydrolysis) is 1. The summed E-state index contributed by atoms with van der Waals surface area (Å²) in [6, 6.07) is 31.5. The number of aliphatic hydroxyl groups is 2. The summed E-state index contributed by atoms with van der Waals surface area (Å²) >= 11 is 0. The first-order valence-corrected chi connectivity index (χ1v) is 25.6. The summed E-state index contributed by atoms with van der Waals surface area (Å²) in [5, 5.41) is 29.2. The van der Waals surface area contributed by atoms with Gasteiger partial charge in [0.2, 0.25) is 6.10 Å². The summed E-state index contributed by atoms with van der Waals surface area (Å²) in [6.45, 7) is 10.9. The highest BCUT2D eigenvalue weighted by atomic mass is 16.7. The predicted molar refractivity (Wildman–Crippen MR) is 275 cm³/mol. The minimum absolute atomic E-state index is 0.0185. The molecule has 1 saturated heterocycles. The van der Waals surface area contributed by atoms with E-state index in [0.717, 1.165) is 6.92 Å². The Morgan fingerprint density at radius 2 is 1.32 bits per heavy atom. The molecule has 19 nitrogen and oxygen atoms in total. The van der Waals surface area contributed by atoms with Crippen LogP contribution in [-0.4, -0.2) is 112 Å². The highest BCUT2D eigenvalue weighted by Gasteiger charge is 2.78. The number of rotatable bonds is 14. The van der Waals surface area contributed by atoms with Gasteiger partial charge in [-0.1, -0.05) is 123 Å². The molecule has 1 unspecified atom stereocenters. The molecule has 4 aromatic rings. The number of nitrogens with one attached hydrogen (secondary N) is 1. The predicted octanol–water partition coefficient (Wildman–Crippen LogP) is 7.98. The van der Waals surface area contributed by atoms with Crippen LogP contribution in [0.15, 0.2) is 132 Å². The van der Waals surface area contributed by atoms with Gasteiger partial charge in [0.1, 0.15) is 48.8 Å². The van der Waals surface area contributed by atoms with Crippen LogP contribution >= 0.6 is 0 Å². The summed E-state index contributed by atoms with van der Waals surface area (Å²) in [4.78, 5) is 101. The highest BCUT2D eigenvalue weighted by molar-refractivity contribution is 5.95. The number of hydrogen-bond acceptors (Lipinski definition) is 18. The zero-order valence-corrected chi connectivity index (χ0v) is 44.6. The molecule has 0 aromatic heterocycles. The molecule has 1 heterocycles. The normalized spacial score (nSPS) is 27.7. The van der Waals surface area contributed by atoms with Crippen LogP contribution < -0.4 is 5.32 Å². The Labute approximate surface area is 451 Å². The van der Waals surface area contributed by atoms with Crippen molar-refractivity contribution < 1.29 is 86.4 Å². The van der Waals surface area contributed by atoms with E-state index in [1.54, 1.807) is 130 Å². The second kappa shape index (κ2) is 22.4. The Hall–Kier alpha value is -7.61. The summed E-state index contributed by atoms with van der Waals surface area (Å²) in [5.74, 6) is -5.79. The Morgan fingerprint density at radius 1 is 0.769 bits per heavy atom. The van der Waals surface area contributed by atoms with Gasteiger partial charge in [0.25, 0.3) is 0 Å². The van der Waals surface area contributed by atoms with Crippen molar-refractivity contribution in [1.29, 1.82) is 0 Å². The van der Waals surface area contributed by atoms with Crippen LogP contribution in [0.5, 0.6) is 0 Å². The number of carbonyl (C=O) groups excluding carboxylic acids is 7. The zero-order valence-electron chi connectivity index (χ0n) is 44.6. The fraction of sp³-hybridized carbons (Fsp3) is 0.441. The SMILES string of the molecule is CC(=O)O[C@@]12CO[C@@H]1C[C@H](O)[C@@]1(C)C(=O)[C@H](OC(=O)OCc3ccccc3)C3=C(C)[C@@H](OC(=O)[C@H](OC(=O)OCc4ccccc4)[C@@H](NC(=O)OC(C)(C)C)c4ccccc4)C[C@@](O)([C@@H](OC(=O)c4ccccc4)C12)C3(C)C. The van der Waals surface area contributed by atoms with E-state index in [1.165, 1.54) is 39.8 Å². The fourth-order valence-electron chi connectivity index (χ4n) is 11.4. The van der Waals surface area contributed by atoms with Crippen LogP contribution in [0.4, 0.5) is 14.4 Å². The third-order valence-corrected chi connectivity index (χ3v) is 15.4. The summed E-state index contributed by atoms with van der Waals surface area (Å²) in [5.41, 5.74) is -8.18. The van der Waals surface area contributed by atoms with E-state index in [4.69, 9.17) is 42.6 Å². The van der Waals surface area contributed by atoms with Crippen molar-refractivity contribution in [2.75, 3.05) is 6.61 Å². The third kappa shape index (κ3) is 11.2. The van der Waals surface area contributed by atoms with E-state index >= 15 is 9.59 Å². The molecule has 19 heteroatoms. The molecule has 78 heavy (non-hydrogen) atoms. The quantitative estimate of drug-likeness (QED) is 0.0614. The third-order valence-electron chi connectivity index (χ3n) is 15.4. The Bertz CT molecular complexity index is 2910. The first-order valence-electron chi connectivity index (χ1n) is 25.6. The molecular formula is C59H65NO18. The van der Waals surface area contributed by atoms with Crippen molar-refractivity contribution in [3.63, 3.8) is 0 Å². The van der Waals surface area contributed by atoms with Crippen molar-refractivity contribution >= 4 is 42.1 Å². The number of carbonyl (C=O) groups is 7. The van der Waals surface area contributed by atoms with Crippen LogP contribution in [0.25, 0.3) is 0 Å². The van der Waals surface area contributed by atoms with E-state index in [2.05, 4.69) is 5.32 Å². The highest BCUT2D eigenvalue weighted by Crippen LogP contribution is 2.64. The lowest BCUT2D eigenvalue weighted by molar-refractivity contribution is -0.346. The monoisotopic (exact) mass is 1080 g/mol. The molecule has 11 atom stereocenters. The molecule has 4 aromatic carbocycles. The molecule has 3 fully saturated rings. The van der Waals surface area contributed by atoms with Gasteiger partial charge in [0.15, 0.2) is 17.5 Å². The number of amides is 1. The van der Waals surface area contributed by atoms with Crippen molar-refractivity contribution in [3.8, 4) is 0 Å². The van der Waals surface area contributed by atoms with Gasteiger partial charge < -0.3 is 58.2 Å². The van der Waals surface area contributed by atoms with Crippen molar-refractivity contribution in [3.05, 3.63) is 155 Å². The number of fused-ring (bicyclic) bond motifs is 5. The Morgan fingerprint density at radius 3 is 1.86 bits per heavy atom. The van der Waals surface area contributed by atoms with Crippen LogP contribution in [0.1, 0.15) is 101 Å². The first kappa shape index (κ1) is 56.6. The number of aliphatic hydroxyl groups excluding tert-OH is 1. The van der Waals surface area contributed by atoms with Gasteiger partial charge in [-0.2, -0.15) is 0 Å². The van der Waals surface area contributed by atoms with Gasteiger partial charge in [0.05, 0.1) is 29.6 Å². The molecule has 1 aliphatic heterocycles. The average Bonchev–Trinajstić information content (AvgIpc) is 3.03. The number of ketones is 1. The Balaban J connectivity index is 1.30. The van der Waals surface area contributed by atoms with Gasteiger partial charge in [-0.15, -0.1) is 0 Å². The molecule has 0 spiro atoms. The van der Waals surface area contributed by atoms with E-state index in [9.17, 15) is 34.2 Å². The second-order valence-corrected chi connectivity index (χ2v) is 21.8. The zero-order chi connectivity index (χ0) is 56.4. The summed E-state index contributed by atoms with van der Waals surface area (Å²) in [7, 11) is 0.